The molecule has 0 saturated heterocycles. The molecule has 1 aliphatic carbocycles. The van der Waals surface area contributed by atoms with E-state index in [0.29, 0.717) is 12.2 Å². The third-order valence-electron chi connectivity index (χ3n) is 5.63. The van der Waals surface area contributed by atoms with Crippen LogP contribution in [0.2, 0.25) is 0 Å². The van der Waals surface area contributed by atoms with Gasteiger partial charge in [0.25, 0.3) is 0 Å². The third kappa shape index (κ3) is 6.29. The third-order valence-corrected chi connectivity index (χ3v) is 5.63. The van der Waals surface area contributed by atoms with Crippen molar-refractivity contribution in [1.82, 2.24) is 0 Å². The maximum atomic E-state index is 13.7. The predicted molar refractivity (Wildman–Crippen MR) is 117 cm³/mol. The molecule has 0 amide bonds. The van der Waals surface area contributed by atoms with Crippen LogP contribution in [0.15, 0.2) is 48.5 Å². The Morgan fingerprint density at radius 3 is 2.38 bits per heavy atom. The zero-order valence-corrected chi connectivity index (χ0v) is 18.3. The van der Waals surface area contributed by atoms with Gasteiger partial charge in [-0.2, -0.15) is 13.2 Å². The van der Waals surface area contributed by atoms with Crippen LogP contribution in [0.1, 0.15) is 68.3 Å². The summed E-state index contributed by atoms with van der Waals surface area (Å²) < 4.78 is 52.1. The molecule has 0 radical (unpaired) electrons. The summed E-state index contributed by atoms with van der Waals surface area (Å²) in [6.45, 7) is 3.49. The van der Waals surface area contributed by atoms with Crippen molar-refractivity contribution in [2.24, 2.45) is 5.92 Å². The summed E-state index contributed by atoms with van der Waals surface area (Å²) in [6, 6.07) is 11.4. The molecule has 0 heterocycles. The number of hydrogen-bond acceptors (Lipinski definition) is 3. The number of carbonyl (C=O) groups excluding carboxylic acids is 1. The summed E-state index contributed by atoms with van der Waals surface area (Å²) >= 11 is 0. The molecule has 3 rings (SSSR count). The van der Waals surface area contributed by atoms with Crippen LogP contribution in [-0.4, -0.2) is 11.6 Å². The molecule has 0 aromatic heterocycles. The van der Waals surface area contributed by atoms with Gasteiger partial charge in [-0.15, -0.1) is 0 Å². The first kappa shape index (κ1) is 23.7. The zero-order valence-electron chi connectivity index (χ0n) is 18.3. The van der Waals surface area contributed by atoms with Gasteiger partial charge in [-0.25, -0.2) is 4.79 Å². The van der Waals surface area contributed by atoms with E-state index in [1.54, 1.807) is 37.3 Å². The predicted octanol–water partition coefficient (Wildman–Crippen LogP) is 7.06. The van der Waals surface area contributed by atoms with Crippen LogP contribution in [-0.2, 0) is 6.18 Å². The molecule has 170 valence electrons. The Labute approximate surface area is 186 Å². The maximum Gasteiger partial charge on any atom is 0.419 e. The molecule has 0 N–H and O–H groups in total. The monoisotopic (exact) mass is 444 g/mol. The van der Waals surface area contributed by atoms with Gasteiger partial charge in [0.2, 0.25) is 0 Å². The SMILES string of the molecule is CCC(C)(C#CC1CCCCC1)Oc1cc(C(=O)Oc2ccccc2)ccc1C(F)(F)F. The van der Waals surface area contributed by atoms with Gasteiger partial charge in [0.15, 0.2) is 5.60 Å². The molecule has 1 saturated carbocycles. The highest BCUT2D eigenvalue weighted by atomic mass is 19.4. The second-order valence-corrected chi connectivity index (χ2v) is 8.20. The highest BCUT2D eigenvalue weighted by Crippen LogP contribution is 2.39. The zero-order chi connectivity index (χ0) is 23.2. The van der Waals surface area contributed by atoms with Crippen molar-refractivity contribution in [3.8, 4) is 23.3 Å². The van der Waals surface area contributed by atoms with E-state index in [-0.39, 0.29) is 11.5 Å². The summed E-state index contributed by atoms with van der Waals surface area (Å²) in [7, 11) is 0. The average Bonchev–Trinajstić information content (AvgIpc) is 2.78. The molecule has 2 aromatic rings. The fourth-order valence-corrected chi connectivity index (χ4v) is 3.55. The number of para-hydroxylation sites is 1. The van der Waals surface area contributed by atoms with E-state index in [1.807, 2.05) is 6.92 Å². The molecule has 1 aliphatic rings. The van der Waals surface area contributed by atoms with Crippen LogP contribution < -0.4 is 9.47 Å². The minimum atomic E-state index is -4.64. The number of rotatable bonds is 5. The summed E-state index contributed by atoms with van der Waals surface area (Å²) in [6.07, 6.45) is 1.19. The van der Waals surface area contributed by atoms with Crippen LogP contribution in [0.4, 0.5) is 13.2 Å². The number of ether oxygens (including phenoxy) is 2. The minimum absolute atomic E-state index is 0.0319. The molecule has 1 unspecified atom stereocenters. The van der Waals surface area contributed by atoms with Crippen LogP contribution >= 0.6 is 0 Å². The first-order chi connectivity index (χ1) is 15.2. The smallest absolute Gasteiger partial charge is 0.419 e. The van der Waals surface area contributed by atoms with E-state index in [2.05, 4.69) is 11.8 Å². The first-order valence-electron chi connectivity index (χ1n) is 10.9. The lowest BCUT2D eigenvalue weighted by Gasteiger charge is -2.27. The Balaban J connectivity index is 1.89. The van der Waals surface area contributed by atoms with Gasteiger partial charge in [0.1, 0.15) is 11.5 Å². The molecule has 3 nitrogen and oxygen atoms in total. The van der Waals surface area contributed by atoms with Gasteiger partial charge >= 0.3 is 12.1 Å². The number of halogens is 3. The van der Waals surface area contributed by atoms with Crippen LogP contribution in [0.3, 0.4) is 0 Å². The van der Waals surface area contributed by atoms with Gasteiger partial charge in [-0.05, 0) is 56.5 Å². The normalized spacial score (nSPS) is 16.4. The second kappa shape index (κ2) is 10.1. The lowest BCUT2D eigenvalue weighted by Crippen LogP contribution is -2.31. The standard InChI is InChI=1S/C26H27F3O3/c1-3-25(2,17-16-19-10-6-4-7-11-19)32-23-18-20(14-15-22(23)26(27,28)29)24(30)31-21-12-8-5-9-13-21/h5,8-9,12-15,18-19H,3-4,6-7,10-11H2,1-2H3. The van der Waals surface area contributed by atoms with Gasteiger partial charge in [0.05, 0.1) is 11.1 Å². The van der Waals surface area contributed by atoms with E-state index in [1.165, 1.54) is 6.42 Å². The number of carbonyl (C=O) groups is 1. The first-order valence-corrected chi connectivity index (χ1v) is 10.9. The Kier molecular flexibility index (Phi) is 7.50. The van der Waals surface area contributed by atoms with Crippen molar-refractivity contribution in [3.63, 3.8) is 0 Å². The number of hydrogen-bond donors (Lipinski definition) is 0. The lowest BCUT2D eigenvalue weighted by molar-refractivity contribution is -0.139. The largest absolute Gasteiger partial charge is 0.474 e. The Morgan fingerprint density at radius 1 is 1.06 bits per heavy atom. The Hall–Kier alpha value is -2.94. The number of alkyl halides is 3. The molecule has 0 bridgehead atoms. The summed E-state index contributed by atoms with van der Waals surface area (Å²) in [4.78, 5) is 12.5. The molecule has 0 aliphatic heterocycles. The summed E-state index contributed by atoms with van der Waals surface area (Å²) in [5.41, 5.74) is -2.09. The lowest BCUT2D eigenvalue weighted by atomic mass is 9.89. The Morgan fingerprint density at radius 2 is 1.75 bits per heavy atom. The highest BCUT2D eigenvalue weighted by molar-refractivity contribution is 5.91. The summed E-state index contributed by atoms with van der Waals surface area (Å²) in [5.74, 6) is 5.64. The van der Waals surface area contributed by atoms with Crippen molar-refractivity contribution in [1.29, 1.82) is 0 Å². The van der Waals surface area contributed by atoms with Crippen molar-refractivity contribution < 1.29 is 27.4 Å². The molecule has 1 atom stereocenters. The van der Waals surface area contributed by atoms with Crippen molar-refractivity contribution in [2.45, 2.75) is 64.1 Å². The van der Waals surface area contributed by atoms with Crippen LogP contribution in [0, 0.1) is 17.8 Å². The second-order valence-electron chi connectivity index (χ2n) is 8.20. The van der Waals surface area contributed by atoms with Crippen molar-refractivity contribution in [3.05, 3.63) is 59.7 Å². The molecule has 32 heavy (non-hydrogen) atoms. The van der Waals surface area contributed by atoms with Gasteiger partial charge < -0.3 is 9.47 Å². The van der Waals surface area contributed by atoms with Gasteiger partial charge in [-0.3, -0.25) is 0 Å². The van der Waals surface area contributed by atoms with E-state index in [0.717, 1.165) is 43.9 Å². The number of esters is 1. The maximum absolute atomic E-state index is 13.7. The molecule has 0 spiro atoms. The number of benzene rings is 2. The molecular formula is C26H27F3O3. The molecule has 2 aromatic carbocycles. The van der Waals surface area contributed by atoms with E-state index < -0.39 is 29.1 Å². The summed E-state index contributed by atoms with van der Waals surface area (Å²) in [5, 5.41) is 0. The van der Waals surface area contributed by atoms with E-state index >= 15 is 0 Å². The fraction of sp³-hybridized carbons (Fsp3) is 0.423. The quantitative estimate of drug-likeness (QED) is 0.281. The van der Waals surface area contributed by atoms with Crippen LogP contribution in [0.5, 0.6) is 11.5 Å². The van der Waals surface area contributed by atoms with Crippen molar-refractivity contribution in [2.75, 3.05) is 0 Å². The Bertz CT molecular complexity index is 983. The molecule has 1 fully saturated rings. The van der Waals surface area contributed by atoms with Crippen molar-refractivity contribution >= 4 is 5.97 Å². The van der Waals surface area contributed by atoms with E-state index in [9.17, 15) is 18.0 Å². The highest BCUT2D eigenvalue weighted by Gasteiger charge is 2.37. The van der Waals surface area contributed by atoms with E-state index in [4.69, 9.17) is 9.47 Å². The minimum Gasteiger partial charge on any atom is -0.474 e. The van der Waals surface area contributed by atoms with Gasteiger partial charge in [-0.1, -0.05) is 56.2 Å². The topological polar surface area (TPSA) is 35.5 Å². The van der Waals surface area contributed by atoms with Crippen LogP contribution in [0.25, 0.3) is 0 Å². The molecular weight excluding hydrogens is 417 g/mol. The fourth-order valence-electron chi connectivity index (χ4n) is 3.55. The van der Waals surface area contributed by atoms with Gasteiger partial charge in [0, 0.05) is 5.92 Å². The molecule has 6 heteroatoms. The average molecular weight is 444 g/mol.